The molecule has 0 saturated carbocycles. The van der Waals surface area contributed by atoms with Crippen molar-refractivity contribution in [3.8, 4) is 0 Å². The molecule has 1 unspecified atom stereocenters. The molecule has 8 heteroatoms. The fourth-order valence-corrected chi connectivity index (χ4v) is 2.90. The topological polar surface area (TPSA) is 74.0 Å². The molecule has 0 aromatic heterocycles. The molecule has 1 aromatic rings. The van der Waals surface area contributed by atoms with Crippen LogP contribution in [0.4, 0.5) is 17.1 Å². The average molecular weight is 320 g/mol. The van der Waals surface area contributed by atoms with Crippen LogP contribution in [0.2, 0.25) is 10.0 Å². The van der Waals surface area contributed by atoms with Crippen LogP contribution in [-0.2, 0) is 16.1 Å². The molecule has 0 spiro atoms. The zero-order valence-corrected chi connectivity index (χ0v) is 12.3. The van der Waals surface area contributed by atoms with E-state index in [0.717, 1.165) is 17.8 Å². The number of aliphatic carboxylic acids is 1. The molecule has 19 heavy (non-hydrogen) atoms. The third-order valence-electron chi connectivity index (χ3n) is 2.64. The van der Waals surface area contributed by atoms with Gasteiger partial charge < -0.3 is 10.4 Å². The number of nitrogens with one attached hydrogen (secondary N) is 1. The van der Waals surface area contributed by atoms with E-state index in [1.807, 2.05) is 6.92 Å². The summed E-state index contributed by atoms with van der Waals surface area (Å²) < 4.78 is 8.19. The zero-order valence-electron chi connectivity index (χ0n) is 9.98. The molecule has 2 rings (SSSR count). The second-order valence-corrected chi connectivity index (χ2v) is 5.34. The van der Waals surface area contributed by atoms with E-state index in [0.29, 0.717) is 33.5 Å². The molecule has 1 atom stereocenters. The standard InChI is InChI=1S/C11H11Cl2N3O2S/c1-2-3-7(11(17)18)14-8-5(12)4-6(13)9-10(8)16-19-15-9/h4,7,14H,2-3H2,1H3,(H,17,18). The second-order valence-electron chi connectivity index (χ2n) is 4.00. The molecule has 0 amide bonds. The van der Waals surface area contributed by atoms with Crippen molar-refractivity contribution in [1.82, 2.24) is 0 Å². The van der Waals surface area contributed by atoms with Crippen LogP contribution in [-0.4, -0.2) is 17.1 Å². The maximum atomic E-state index is 11.2. The summed E-state index contributed by atoms with van der Waals surface area (Å²) >= 11 is 13.1. The Labute approximate surface area is 123 Å². The highest BCUT2D eigenvalue weighted by molar-refractivity contribution is 7.58. The highest BCUT2D eigenvalue weighted by Gasteiger charge is 2.23. The lowest BCUT2D eigenvalue weighted by atomic mass is 10.1. The Bertz CT molecular complexity index is 600. The number of fused-ring (bicyclic) bond motifs is 1. The van der Waals surface area contributed by atoms with E-state index in [1.54, 1.807) is 6.07 Å². The van der Waals surface area contributed by atoms with Crippen molar-refractivity contribution in [1.29, 1.82) is 0 Å². The van der Waals surface area contributed by atoms with Crippen molar-refractivity contribution in [3.05, 3.63) is 16.1 Å². The van der Waals surface area contributed by atoms with Crippen molar-refractivity contribution >= 4 is 57.6 Å². The van der Waals surface area contributed by atoms with Gasteiger partial charge in [0.2, 0.25) is 0 Å². The minimum Gasteiger partial charge on any atom is -0.480 e. The summed E-state index contributed by atoms with van der Waals surface area (Å²) in [5.74, 6) is -0.927. The van der Waals surface area contributed by atoms with Gasteiger partial charge in [0.05, 0.1) is 27.1 Å². The molecule has 0 bridgehead atoms. The molecule has 1 aliphatic rings. The van der Waals surface area contributed by atoms with Crippen molar-refractivity contribution < 1.29 is 9.90 Å². The molecule has 1 aromatic carbocycles. The maximum Gasteiger partial charge on any atom is 0.326 e. The molecular formula is C11H11Cl2N3O2S. The van der Waals surface area contributed by atoms with E-state index in [-0.39, 0.29) is 0 Å². The van der Waals surface area contributed by atoms with E-state index >= 15 is 0 Å². The van der Waals surface area contributed by atoms with Gasteiger partial charge in [-0.1, -0.05) is 36.5 Å². The summed E-state index contributed by atoms with van der Waals surface area (Å²) in [5.41, 5.74) is 1.50. The van der Waals surface area contributed by atoms with Crippen molar-refractivity contribution in [3.63, 3.8) is 0 Å². The molecule has 0 aliphatic carbocycles. The number of carboxylic acids is 1. The first-order valence-electron chi connectivity index (χ1n) is 5.64. The highest BCUT2D eigenvalue weighted by atomic mass is 35.5. The zero-order chi connectivity index (χ0) is 14.0. The van der Waals surface area contributed by atoms with Crippen molar-refractivity contribution in [2.45, 2.75) is 25.8 Å². The van der Waals surface area contributed by atoms with Gasteiger partial charge in [0.1, 0.15) is 17.4 Å². The third kappa shape index (κ3) is 2.91. The van der Waals surface area contributed by atoms with Crippen LogP contribution < -0.4 is 5.32 Å². The van der Waals surface area contributed by atoms with E-state index in [1.165, 1.54) is 0 Å². The SMILES string of the molecule is CCCC(Nc1c(Cl)cc(Cl)c2c1N=S=N2)C(=O)O. The fourth-order valence-electron chi connectivity index (χ4n) is 1.73. The Morgan fingerprint density at radius 3 is 2.74 bits per heavy atom. The van der Waals surface area contributed by atoms with E-state index < -0.39 is 12.0 Å². The lowest BCUT2D eigenvalue weighted by Crippen LogP contribution is -2.29. The predicted molar refractivity (Wildman–Crippen MR) is 78.0 cm³/mol. The predicted octanol–water partition coefficient (Wildman–Crippen LogP) is 4.39. The van der Waals surface area contributed by atoms with E-state index in [9.17, 15) is 4.79 Å². The van der Waals surface area contributed by atoms with E-state index in [2.05, 4.69) is 14.0 Å². The van der Waals surface area contributed by atoms with Gasteiger partial charge in [0, 0.05) is 0 Å². The van der Waals surface area contributed by atoms with Crippen LogP contribution in [0.1, 0.15) is 19.8 Å². The first kappa shape index (κ1) is 14.3. The van der Waals surface area contributed by atoms with Crippen LogP contribution in [0.25, 0.3) is 0 Å². The number of halogens is 2. The van der Waals surface area contributed by atoms with Crippen LogP contribution in [0.3, 0.4) is 0 Å². The molecule has 1 aliphatic heterocycles. The summed E-state index contributed by atoms with van der Waals surface area (Å²) in [6, 6.07) is 0.827. The number of hydrogen-bond donors (Lipinski definition) is 2. The molecule has 0 saturated heterocycles. The lowest BCUT2D eigenvalue weighted by Gasteiger charge is -2.17. The number of hydrogen-bond acceptors (Lipinski definition) is 4. The van der Waals surface area contributed by atoms with E-state index in [4.69, 9.17) is 28.3 Å². The molecular weight excluding hydrogens is 309 g/mol. The Kier molecular flexibility index (Phi) is 4.44. The quantitative estimate of drug-likeness (QED) is 0.858. The van der Waals surface area contributed by atoms with Gasteiger partial charge in [-0.3, -0.25) is 0 Å². The van der Waals surface area contributed by atoms with Crippen LogP contribution in [0.5, 0.6) is 0 Å². The van der Waals surface area contributed by atoms with Gasteiger partial charge in [-0.2, -0.15) is 8.73 Å². The summed E-state index contributed by atoms with van der Waals surface area (Å²) in [5, 5.41) is 12.8. The highest BCUT2D eigenvalue weighted by Crippen LogP contribution is 2.47. The van der Waals surface area contributed by atoms with Gasteiger partial charge in [-0.05, 0) is 12.5 Å². The summed E-state index contributed by atoms with van der Waals surface area (Å²) in [6.45, 7) is 1.92. The molecule has 102 valence electrons. The largest absolute Gasteiger partial charge is 0.480 e. The smallest absolute Gasteiger partial charge is 0.326 e. The minimum atomic E-state index is -0.927. The van der Waals surface area contributed by atoms with Crippen LogP contribution in [0, 0.1) is 0 Å². The third-order valence-corrected chi connectivity index (χ3v) is 3.75. The first-order chi connectivity index (χ1) is 9.04. The number of carbonyl (C=O) groups is 1. The summed E-state index contributed by atoms with van der Waals surface area (Å²) in [7, 11) is 0. The molecule has 0 radical (unpaired) electrons. The second kappa shape index (κ2) is 5.90. The van der Waals surface area contributed by atoms with Crippen LogP contribution >= 0.6 is 23.2 Å². The number of nitrogens with zero attached hydrogens (tertiary/aromatic N) is 2. The van der Waals surface area contributed by atoms with Gasteiger partial charge in [0.15, 0.2) is 0 Å². The van der Waals surface area contributed by atoms with Gasteiger partial charge in [0.25, 0.3) is 0 Å². The first-order valence-corrected chi connectivity index (χ1v) is 7.12. The lowest BCUT2D eigenvalue weighted by molar-refractivity contribution is -0.138. The fraction of sp³-hybridized carbons (Fsp3) is 0.364. The van der Waals surface area contributed by atoms with Gasteiger partial charge in [-0.25, -0.2) is 4.79 Å². The molecule has 0 fully saturated rings. The summed E-state index contributed by atoms with van der Waals surface area (Å²) in [4.78, 5) is 11.2. The molecule has 1 heterocycles. The molecule has 2 N–H and O–H groups in total. The van der Waals surface area contributed by atoms with Crippen molar-refractivity contribution in [2.75, 3.05) is 5.32 Å². The number of rotatable bonds is 5. The van der Waals surface area contributed by atoms with Crippen molar-refractivity contribution in [2.24, 2.45) is 8.73 Å². The minimum absolute atomic E-state index is 0.340. The Morgan fingerprint density at radius 2 is 2.11 bits per heavy atom. The van der Waals surface area contributed by atoms with Gasteiger partial charge >= 0.3 is 5.97 Å². The Balaban J connectivity index is 2.38. The van der Waals surface area contributed by atoms with Crippen LogP contribution in [0.15, 0.2) is 14.8 Å². The number of carboxylic acid groups (broad SMARTS) is 1. The number of benzene rings is 1. The monoisotopic (exact) mass is 319 g/mol. The average Bonchev–Trinajstić information content (AvgIpc) is 2.82. The Morgan fingerprint density at radius 1 is 1.42 bits per heavy atom. The summed E-state index contributed by atoms with van der Waals surface area (Å²) in [6.07, 6.45) is 1.24. The number of anilines is 1. The Hall–Kier alpha value is -1.11. The normalized spacial score (nSPS) is 13.8. The molecule has 5 nitrogen and oxygen atoms in total. The maximum absolute atomic E-state index is 11.2. The van der Waals surface area contributed by atoms with Gasteiger partial charge in [-0.15, -0.1) is 0 Å².